The van der Waals surface area contributed by atoms with E-state index >= 15 is 0 Å². The molecule has 1 amide bonds. The highest BCUT2D eigenvalue weighted by Crippen LogP contribution is 2.38. The van der Waals surface area contributed by atoms with Crippen LogP contribution in [-0.4, -0.2) is 34.4 Å². The molecule has 32 heavy (non-hydrogen) atoms. The quantitative estimate of drug-likeness (QED) is 0.603. The SMILES string of the molecule is CN(C(=O)c1cc2c3c(c(N)nc2cc1F)COC3)[C@@H]1COc2nc(C(F)(F)F)ccc21. The van der Waals surface area contributed by atoms with E-state index in [9.17, 15) is 22.4 Å². The summed E-state index contributed by atoms with van der Waals surface area (Å²) in [5.41, 5.74) is 6.72. The highest BCUT2D eigenvalue weighted by Gasteiger charge is 2.38. The van der Waals surface area contributed by atoms with Gasteiger partial charge >= 0.3 is 6.18 Å². The maximum Gasteiger partial charge on any atom is 0.433 e. The number of hydrogen-bond acceptors (Lipinski definition) is 6. The predicted molar refractivity (Wildman–Crippen MR) is 104 cm³/mol. The lowest BCUT2D eigenvalue weighted by Gasteiger charge is -2.24. The largest absolute Gasteiger partial charge is 0.475 e. The van der Waals surface area contributed by atoms with Gasteiger partial charge in [0, 0.05) is 29.6 Å². The lowest BCUT2D eigenvalue weighted by molar-refractivity contribution is -0.141. The van der Waals surface area contributed by atoms with Crippen LogP contribution in [-0.2, 0) is 24.1 Å². The van der Waals surface area contributed by atoms with E-state index in [0.717, 1.165) is 17.7 Å². The summed E-state index contributed by atoms with van der Waals surface area (Å²) in [5.74, 6) is -1.39. The first-order valence-corrected chi connectivity index (χ1v) is 9.61. The highest BCUT2D eigenvalue weighted by atomic mass is 19.4. The third-order valence-corrected chi connectivity index (χ3v) is 5.75. The summed E-state index contributed by atoms with van der Waals surface area (Å²) in [4.78, 5) is 22.1. The highest BCUT2D eigenvalue weighted by molar-refractivity contribution is 5.99. The Morgan fingerprint density at radius 1 is 1.19 bits per heavy atom. The molecular formula is C21H16F4N4O3. The van der Waals surface area contributed by atoms with Crippen molar-refractivity contribution in [3.63, 3.8) is 0 Å². The Morgan fingerprint density at radius 3 is 2.69 bits per heavy atom. The van der Waals surface area contributed by atoms with Crippen molar-refractivity contribution in [2.45, 2.75) is 25.4 Å². The molecule has 7 nitrogen and oxygen atoms in total. The number of nitrogens with zero attached hydrogens (tertiary/aromatic N) is 3. The third kappa shape index (κ3) is 3.11. The standard InChI is InChI=1S/C21H16F4N4O3/c1-29(16-8-32-19-9(16)2-3-17(28-19)21(23,24)25)20(30)11-4-10-12-6-31-7-13(12)18(26)27-15(10)5-14(11)22/h2-5,16H,6-8H2,1H3,(H2,26,27)/t16-/m1/s1. The summed E-state index contributed by atoms with van der Waals surface area (Å²) in [6, 6.07) is 3.88. The second kappa shape index (κ2) is 7.02. The molecule has 0 saturated heterocycles. The number of ether oxygens (including phenoxy) is 2. The molecule has 2 N–H and O–H groups in total. The van der Waals surface area contributed by atoms with Crippen LogP contribution in [0.4, 0.5) is 23.4 Å². The number of carbonyl (C=O) groups is 1. The number of nitrogens with two attached hydrogens (primary N) is 1. The van der Waals surface area contributed by atoms with Crippen LogP contribution in [0.1, 0.15) is 38.8 Å². The van der Waals surface area contributed by atoms with Gasteiger partial charge in [-0.2, -0.15) is 13.2 Å². The Balaban J connectivity index is 1.50. The topological polar surface area (TPSA) is 90.6 Å². The number of likely N-dealkylation sites (N-methyl/N-ethyl adjacent to an activating group) is 1. The van der Waals surface area contributed by atoms with Crippen LogP contribution < -0.4 is 10.5 Å². The van der Waals surface area contributed by atoms with Crippen LogP contribution in [0.3, 0.4) is 0 Å². The summed E-state index contributed by atoms with van der Waals surface area (Å²) < 4.78 is 64.3. The van der Waals surface area contributed by atoms with Crippen LogP contribution in [0, 0.1) is 5.82 Å². The first-order chi connectivity index (χ1) is 15.1. The number of hydrogen-bond donors (Lipinski definition) is 1. The van der Waals surface area contributed by atoms with E-state index in [-0.39, 0.29) is 37.1 Å². The summed E-state index contributed by atoms with van der Waals surface area (Å²) in [7, 11) is 1.43. The molecule has 4 heterocycles. The summed E-state index contributed by atoms with van der Waals surface area (Å²) in [6.07, 6.45) is -4.62. The summed E-state index contributed by atoms with van der Waals surface area (Å²) in [6.45, 7) is 0.459. The Bertz CT molecular complexity index is 1280. The van der Waals surface area contributed by atoms with Crippen LogP contribution in [0.5, 0.6) is 5.88 Å². The molecule has 0 bridgehead atoms. The molecular weight excluding hydrogens is 432 g/mol. The average molecular weight is 448 g/mol. The van der Waals surface area contributed by atoms with Gasteiger partial charge in [-0.3, -0.25) is 4.79 Å². The maximum atomic E-state index is 14.9. The fourth-order valence-electron chi connectivity index (χ4n) is 4.03. The lowest BCUT2D eigenvalue weighted by Crippen LogP contribution is -2.32. The molecule has 0 unspecified atom stereocenters. The normalized spacial score (nSPS) is 17.2. The van der Waals surface area contributed by atoms with Gasteiger partial charge < -0.3 is 20.1 Å². The number of carbonyl (C=O) groups excluding carboxylic acids is 1. The zero-order chi connectivity index (χ0) is 22.8. The van der Waals surface area contributed by atoms with Gasteiger partial charge in [0.25, 0.3) is 5.91 Å². The van der Waals surface area contributed by atoms with E-state index in [4.69, 9.17) is 15.2 Å². The van der Waals surface area contributed by atoms with Gasteiger partial charge in [-0.15, -0.1) is 0 Å². The van der Waals surface area contributed by atoms with E-state index < -0.39 is 29.6 Å². The minimum Gasteiger partial charge on any atom is -0.475 e. The number of alkyl halides is 3. The monoisotopic (exact) mass is 448 g/mol. The fraction of sp³-hybridized carbons (Fsp3) is 0.286. The van der Waals surface area contributed by atoms with Crippen LogP contribution in [0.25, 0.3) is 10.9 Å². The van der Waals surface area contributed by atoms with E-state index in [2.05, 4.69) is 9.97 Å². The number of benzene rings is 1. The minimum absolute atomic E-state index is 0.0948. The lowest BCUT2D eigenvalue weighted by atomic mass is 10.0. The Kier molecular flexibility index (Phi) is 4.48. The van der Waals surface area contributed by atoms with Crippen molar-refractivity contribution in [1.29, 1.82) is 0 Å². The molecule has 1 aromatic carbocycles. The second-order valence-corrected chi connectivity index (χ2v) is 7.63. The number of pyridine rings is 2. The van der Waals surface area contributed by atoms with Gasteiger partial charge in [0.1, 0.15) is 23.9 Å². The molecule has 2 aliphatic heterocycles. The summed E-state index contributed by atoms with van der Waals surface area (Å²) in [5, 5.41) is 0.560. The third-order valence-electron chi connectivity index (χ3n) is 5.75. The van der Waals surface area contributed by atoms with Gasteiger partial charge in [-0.25, -0.2) is 14.4 Å². The van der Waals surface area contributed by atoms with Crippen LogP contribution >= 0.6 is 0 Å². The molecule has 5 rings (SSSR count). The molecule has 0 fully saturated rings. The number of nitrogen functional groups attached to an aromatic ring is 1. The predicted octanol–water partition coefficient (Wildman–Crippen LogP) is 3.61. The number of rotatable bonds is 2. The number of halogens is 4. The molecule has 0 spiro atoms. The molecule has 0 radical (unpaired) electrons. The second-order valence-electron chi connectivity index (χ2n) is 7.63. The molecule has 11 heteroatoms. The molecule has 1 atom stereocenters. The first-order valence-electron chi connectivity index (χ1n) is 9.61. The van der Waals surface area contributed by atoms with Crippen molar-refractivity contribution in [3.05, 3.63) is 58.0 Å². The van der Waals surface area contributed by atoms with E-state index in [1.165, 1.54) is 24.1 Å². The van der Waals surface area contributed by atoms with Crippen molar-refractivity contribution >= 4 is 22.6 Å². The van der Waals surface area contributed by atoms with Gasteiger partial charge in [0.2, 0.25) is 5.88 Å². The molecule has 2 aliphatic rings. The van der Waals surface area contributed by atoms with E-state index in [1.54, 1.807) is 0 Å². The van der Waals surface area contributed by atoms with Crippen molar-refractivity contribution in [2.75, 3.05) is 19.4 Å². The van der Waals surface area contributed by atoms with E-state index in [0.29, 0.717) is 22.0 Å². The number of anilines is 1. The molecule has 2 aromatic heterocycles. The van der Waals surface area contributed by atoms with Crippen molar-refractivity contribution in [2.24, 2.45) is 0 Å². The van der Waals surface area contributed by atoms with Crippen LogP contribution in [0.2, 0.25) is 0 Å². The first kappa shape index (κ1) is 20.4. The summed E-state index contributed by atoms with van der Waals surface area (Å²) >= 11 is 0. The molecule has 3 aromatic rings. The van der Waals surface area contributed by atoms with Gasteiger partial charge in [0.05, 0.1) is 30.3 Å². The number of amides is 1. The Morgan fingerprint density at radius 2 is 1.94 bits per heavy atom. The number of fused-ring (bicyclic) bond motifs is 4. The van der Waals surface area contributed by atoms with Gasteiger partial charge in [0.15, 0.2) is 0 Å². The Labute approximate surface area is 178 Å². The zero-order valence-electron chi connectivity index (χ0n) is 16.7. The van der Waals surface area contributed by atoms with E-state index in [1.807, 2.05) is 0 Å². The molecule has 0 saturated carbocycles. The van der Waals surface area contributed by atoms with Crippen molar-refractivity contribution in [3.8, 4) is 5.88 Å². The zero-order valence-corrected chi connectivity index (χ0v) is 16.7. The molecule has 166 valence electrons. The van der Waals surface area contributed by atoms with Crippen molar-refractivity contribution < 1.29 is 31.8 Å². The van der Waals surface area contributed by atoms with Crippen LogP contribution in [0.15, 0.2) is 24.3 Å². The fourth-order valence-corrected chi connectivity index (χ4v) is 4.03. The maximum absolute atomic E-state index is 14.9. The van der Waals surface area contributed by atoms with Gasteiger partial charge in [-0.05, 0) is 23.8 Å². The number of aromatic nitrogens is 2. The molecule has 0 aliphatic carbocycles. The Hall–Kier alpha value is -3.47. The van der Waals surface area contributed by atoms with Crippen molar-refractivity contribution in [1.82, 2.24) is 14.9 Å². The van der Waals surface area contributed by atoms with Gasteiger partial charge in [-0.1, -0.05) is 0 Å². The smallest absolute Gasteiger partial charge is 0.433 e. The average Bonchev–Trinajstić information content (AvgIpc) is 3.39. The minimum atomic E-state index is -4.62.